The monoisotopic (exact) mass is 269 g/mol. The summed E-state index contributed by atoms with van der Waals surface area (Å²) in [7, 11) is 0. The van der Waals surface area contributed by atoms with Gasteiger partial charge in [0.05, 0.1) is 11.6 Å². The SMILES string of the molecule is O=C(CN1CCNCC1)Nc1ccc(O)c(Cl)c1. The van der Waals surface area contributed by atoms with Crippen molar-refractivity contribution in [3.05, 3.63) is 23.2 Å². The molecular formula is C12H16ClN3O2. The zero-order valence-electron chi connectivity index (χ0n) is 9.95. The Labute approximate surface area is 111 Å². The molecule has 1 aromatic carbocycles. The van der Waals surface area contributed by atoms with Gasteiger partial charge < -0.3 is 15.7 Å². The van der Waals surface area contributed by atoms with Crippen LogP contribution in [0.3, 0.4) is 0 Å². The van der Waals surface area contributed by atoms with Gasteiger partial charge in [-0.15, -0.1) is 0 Å². The highest BCUT2D eigenvalue weighted by Gasteiger charge is 2.13. The van der Waals surface area contributed by atoms with Crippen LogP contribution in [-0.4, -0.2) is 48.6 Å². The molecule has 0 bridgehead atoms. The third kappa shape index (κ3) is 3.60. The maximum atomic E-state index is 11.8. The smallest absolute Gasteiger partial charge is 0.238 e. The fourth-order valence-corrected chi connectivity index (χ4v) is 2.04. The van der Waals surface area contributed by atoms with Crippen molar-refractivity contribution in [3.8, 4) is 5.75 Å². The van der Waals surface area contributed by atoms with Crippen molar-refractivity contribution in [1.29, 1.82) is 0 Å². The second-order valence-electron chi connectivity index (χ2n) is 4.24. The molecule has 1 heterocycles. The number of piperazine rings is 1. The minimum absolute atomic E-state index is 0.0109. The maximum Gasteiger partial charge on any atom is 0.238 e. The number of anilines is 1. The van der Waals surface area contributed by atoms with E-state index in [1.165, 1.54) is 12.1 Å². The molecule has 18 heavy (non-hydrogen) atoms. The number of amides is 1. The highest BCUT2D eigenvalue weighted by atomic mass is 35.5. The summed E-state index contributed by atoms with van der Waals surface area (Å²) >= 11 is 5.77. The molecule has 0 spiro atoms. The van der Waals surface area contributed by atoms with E-state index < -0.39 is 0 Å². The summed E-state index contributed by atoms with van der Waals surface area (Å²) in [5.74, 6) is -0.0598. The van der Waals surface area contributed by atoms with Crippen LogP contribution in [-0.2, 0) is 4.79 Å². The predicted octanol–water partition coefficient (Wildman–Crippen LogP) is 0.889. The van der Waals surface area contributed by atoms with Crippen molar-refractivity contribution in [3.63, 3.8) is 0 Å². The quantitative estimate of drug-likeness (QED) is 0.713. The zero-order chi connectivity index (χ0) is 13.0. The lowest BCUT2D eigenvalue weighted by atomic mass is 10.3. The molecule has 5 nitrogen and oxygen atoms in total. The summed E-state index contributed by atoms with van der Waals surface area (Å²) in [6.45, 7) is 3.96. The molecule has 98 valence electrons. The second-order valence-corrected chi connectivity index (χ2v) is 4.65. The molecule has 0 atom stereocenters. The van der Waals surface area contributed by atoms with E-state index in [-0.39, 0.29) is 16.7 Å². The molecule has 3 N–H and O–H groups in total. The first-order valence-corrected chi connectivity index (χ1v) is 6.24. The molecule has 0 unspecified atom stereocenters. The number of carbonyl (C=O) groups excluding carboxylic acids is 1. The van der Waals surface area contributed by atoms with E-state index in [1.807, 2.05) is 0 Å². The van der Waals surface area contributed by atoms with Crippen LogP contribution in [0, 0.1) is 0 Å². The minimum Gasteiger partial charge on any atom is -0.506 e. The molecule has 0 radical (unpaired) electrons. The minimum atomic E-state index is -0.0707. The lowest BCUT2D eigenvalue weighted by molar-refractivity contribution is -0.117. The molecule has 0 aliphatic carbocycles. The number of nitrogens with zero attached hydrogens (tertiary/aromatic N) is 1. The highest BCUT2D eigenvalue weighted by molar-refractivity contribution is 6.32. The summed E-state index contributed by atoms with van der Waals surface area (Å²) in [6.07, 6.45) is 0. The molecule has 1 aromatic rings. The molecule has 0 aromatic heterocycles. The third-order valence-corrected chi connectivity index (χ3v) is 3.11. The van der Waals surface area contributed by atoms with Gasteiger partial charge in [0.15, 0.2) is 0 Å². The fourth-order valence-electron chi connectivity index (χ4n) is 1.86. The topological polar surface area (TPSA) is 64.6 Å². The first kappa shape index (κ1) is 13.1. The summed E-state index contributed by atoms with van der Waals surface area (Å²) in [5, 5.41) is 15.5. The zero-order valence-corrected chi connectivity index (χ0v) is 10.7. The van der Waals surface area contributed by atoms with E-state index in [4.69, 9.17) is 11.6 Å². The molecular weight excluding hydrogens is 254 g/mol. The van der Waals surface area contributed by atoms with Crippen molar-refractivity contribution in [2.45, 2.75) is 0 Å². The van der Waals surface area contributed by atoms with Crippen LogP contribution in [0.1, 0.15) is 0 Å². The lowest BCUT2D eigenvalue weighted by Crippen LogP contribution is -2.46. The molecule has 0 saturated carbocycles. The van der Waals surface area contributed by atoms with Gasteiger partial charge in [-0.25, -0.2) is 0 Å². The Morgan fingerprint density at radius 3 is 2.83 bits per heavy atom. The third-order valence-electron chi connectivity index (χ3n) is 2.81. The van der Waals surface area contributed by atoms with Gasteiger partial charge in [0.1, 0.15) is 5.75 Å². The van der Waals surface area contributed by atoms with Crippen molar-refractivity contribution >= 4 is 23.2 Å². The van der Waals surface area contributed by atoms with E-state index >= 15 is 0 Å². The Hall–Kier alpha value is -1.30. The van der Waals surface area contributed by atoms with Crippen LogP contribution in [0.2, 0.25) is 5.02 Å². The predicted molar refractivity (Wildman–Crippen MR) is 71.1 cm³/mol. The van der Waals surface area contributed by atoms with Gasteiger partial charge in [-0.2, -0.15) is 0 Å². The van der Waals surface area contributed by atoms with E-state index in [9.17, 15) is 9.90 Å². The van der Waals surface area contributed by atoms with Crippen molar-refractivity contribution in [1.82, 2.24) is 10.2 Å². The van der Waals surface area contributed by atoms with Crippen LogP contribution in [0.15, 0.2) is 18.2 Å². The maximum absolute atomic E-state index is 11.8. The van der Waals surface area contributed by atoms with Crippen LogP contribution in [0.4, 0.5) is 5.69 Å². The molecule has 1 fully saturated rings. The molecule has 6 heteroatoms. The normalized spacial score (nSPS) is 16.5. The van der Waals surface area contributed by atoms with E-state index in [2.05, 4.69) is 15.5 Å². The van der Waals surface area contributed by atoms with Crippen LogP contribution < -0.4 is 10.6 Å². The van der Waals surface area contributed by atoms with Crippen molar-refractivity contribution in [2.75, 3.05) is 38.0 Å². The molecule has 1 aliphatic rings. The Morgan fingerprint density at radius 2 is 2.17 bits per heavy atom. The largest absolute Gasteiger partial charge is 0.506 e. The Bertz CT molecular complexity index is 433. The summed E-state index contributed by atoms with van der Waals surface area (Å²) in [4.78, 5) is 13.9. The van der Waals surface area contributed by atoms with E-state index in [0.29, 0.717) is 12.2 Å². The van der Waals surface area contributed by atoms with Gasteiger partial charge in [0, 0.05) is 31.9 Å². The molecule has 2 rings (SSSR count). The van der Waals surface area contributed by atoms with Gasteiger partial charge in [-0.3, -0.25) is 9.69 Å². The average molecular weight is 270 g/mol. The molecule has 1 aliphatic heterocycles. The molecule has 1 saturated heterocycles. The Balaban J connectivity index is 1.88. The van der Waals surface area contributed by atoms with Crippen LogP contribution in [0.25, 0.3) is 0 Å². The first-order valence-electron chi connectivity index (χ1n) is 5.86. The number of phenolic OH excluding ortho intramolecular Hbond substituents is 1. The van der Waals surface area contributed by atoms with E-state index in [1.54, 1.807) is 6.07 Å². The van der Waals surface area contributed by atoms with Gasteiger partial charge >= 0.3 is 0 Å². The van der Waals surface area contributed by atoms with E-state index in [0.717, 1.165) is 26.2 Å². The number of nitrogens with one attached hydrogen (secondary N) is 2. The number of phenols is 1. The summed E-state index contributed by atoms with van der Waals surface area (Å²) in [6, 6.07) is 4.62. The highest BCUT2D eigenvalue weighted by Crippen LogP contribution is 2.25. The Morgan fingerprint density at radius 1 is 1.44 bits per heavy atom. The second kappa shape index (κ2) is 6.04. The summed E-state index contributed by atoms with van der Waals surface area (Å²) in [5.41, 5.74) is 0.595. The van der Waals surface area contributed by atoms with Crippen molar-refractivity contribution in [2.24, 2.45) is 0 Å². The van der Waals surface area contributed by atoms with Crippen LogP contribution >= 0.6 is 11.6 Å². The van der Waals surface area contributed by atoms with Gasteiger partial charge in [0.2, 0.25) is 5.91 Å². The standard InChI is InChI=1S/C12H16ClN3O2/c13-10-7-9(1-2-11(10)17)15-12(18)8-16-5-3-14-4-6-16/h1-2,7,14,17H,3-6,8H2,(H,15,18). The lowest BCUT2D eigenvalue weighted by Gasteiger charge is -2.26. The first-order chi connectivity index (χ1) is 8.65. The molecule has 1 amide bonds. The number of rotatable bonds is 3. The number of hydrogen-bond acceptors (Lipinski definition) is 4. The number of aromatic hydroxyl groups is 1. The number of halogens is 1. The van der Waals surface area contributed by atoms with Gasteiger partial charge in [-0.05, 0) is 18.2 Å². The Kier molecular flexibility index (Phi) is 4.41. The number of hydrogen-bond donors (Lipinski definition) is 3. The van der Waals surface area contributed by atoms with Crippen LogP contribution in [0.5, 0.6) is 5.75 Å². The average Bonchev–Trinajstić information content (AvgIpc) is 2.35. The van der Waals surface area contributed by atoms with Crippen molar-refractivity contribution < 1.29 is 9.90 Å². The number of carbonyl (C=O) groups is 1. The van der Waals surface area contributed by atoms with Gasteiger partial charge in [-0.1, -0.05) is 11.6 Å². The van der Waals surface area contributed by atoms with Gasteiger partial charge in [0.25, 0.3) is 0 Å². The fraction of sp³-hybridized carbons (Fsp3) is 0.417. The summed E-state index contributed by atoms with van der Waals surface area (Å²) < 4.78 is 0. The number of benzene rings is 1.